The predicted molar refractivity (Wildman–Crippen MR) is 73.6 cm³/mol. The van der Waals surface area contributed by atoms with E-state index >= 15 is 0 Å². The van der Waals surface area contributed by atoms with Gasteiger partial charge in [-0.1, -0.05) is 12.2 Å². The monoisotopic (exact) mass is 351 g/mol. The van der Waals surface area contributed by atoms with Gasteiger partial charge in [-0.3, -0.25) is 4.79 Å². The van der Waals surface area contributed by atoms with E-state index in [2.05, 4.69) is 33.6 Å². The summed E-state index contributed by atoms with van der Waals surface area (Å²) in [7, 11) is 0. The van der Waals surface area contributed by atoms with Crippen molar-refractivity contribution >= 4 is 28.5 Å². The quantitative estimate of drug-likeness (QED) is 0.408. The van der Waals surface area contributed by atoms with Gasteiger partial charge in [0.25, 0.3) is 0 Å². The molecule has 2 aliphatic heterocycles. The van der Waals surface area contributed by atoms with E-state index in [1.165, 1.54) is 0 Å². The first kappa shape index (κ1) is 11.7. The van der Waals surface area contributed by atoms with Gasteiger partial charge in [0.2, 0.25) is 5.91 Å². The van der Waals surface area contributed by atoms with E-state index in [-0.39, 0.29) is 11.9 Å². The van der Waals surface area contributed by atoms with Crippen molar-refractivity contribution in [2.24, 2.45) is 0 Å². The molecule has 0 bridgehead atoms. The number of carbonyl (C=O) groups excluding carboxylic acids is 1. The number of carbonyl (C=O) groups is 1. The summed E-state index contributed by atoms with van der Waals surface area (Å²) in [5.74, 6) is 0.158. The molecule has 0 aromatic carbocycles. The van der Waals surface area contributed by atoms with Crippen molar-refractivity contribution in [2.75, 3.05) is 6.54 Å². The zero-order valence-corrected chi connectivity index (χ0v) is 11.7. The molecule has 1 aromatic heterocycles. The molecule has 2 aliphatic rings. The Morgan fingerprint density at radius 2 is 2.39 bits per heavy atom. The Hall–Kier alpha value is -1.42. The molecule has 0 radical (unpaired) electrons. The minimum Gasteiger partial charge on any atom is -0.331 e. The molecule has 1 atom stereocenters. The van der Waals surface area contributed by atoms with Crippen molar-refractivity contribution in [1.29, 1.82) is 5.26 Å². The van der Waals surface area contributed by atoms with Gasteiger partial charge < -0.3 is 4.90 Å². The highest BCUT2D eigenvalue weighted by atomic mass is 127. The average Bonchev–Trinajstić information content (AvgIpc) is 2.38. The van der Waals surface area contributed by atoms with Crippen LogP contribution < -0.4 is 0 Å². The Bertz CT molecular complexity index is 603. The van der Waals surface area contributed by atoms with Crippen molar-refractivity contribution in [1.82, 2.24) is 9.88 Å². The van der Waals surface area contributed by atoms with Crippen molar-refractivity contribution in [2.45, 2.75) is 18.9 Å². The lowest BCUT2D eigenvalue weighted by Crippen LogP contribution is -2.41. The van der Waals surface area contributed by atoms with Gasteiger partial charge in [-0.2, -0.15) is 5.26 Å². The van der Waals surface area contributed by atoms with Crippen LogP contribution in [0.2, 0.25) is 0 Å². The van der Waals surface area contributed by atoms with E-state index in [1.54, 1.807) is 0 Å². The summed E-state index contributed by atoms with van der Waals surface area (Å²) in [5, 5.41) is 9.07. The molecule has 0 saturated carbocycles. The van der Waals surface area contributed by atoms with E-state index in [1.807, 2.05) is 23.1 Å². The highest BCUT2D eigenvalue weighted by Gasteiger charge is 2.32. The van der Waals surface area contributed by atoms with E-state index in [0.29, 0.717) is 12.0 Å². The van der Waals surface area contributed by atoms with Gasteiger partial charge in [-0.05, 0) is 28.7 Å². The lowest BCUT2D eigenvalue weighted by atomic mass is 9.93. The molecule has 18 heavy (non-hydrogen) atoms. The van der Waals surface area contributed by atoms with Crippen LogP contribution in [-0.2, 0) is 11.2 Å². The SMILES string of the molecule is N#Cc1cc2c(nc1I)CCN1C(=O)CC=CC21. The number of hydrogen-bond acceptors (Lipinski definition) is 3. The zero-order valence-electron chi connectivity index (χ0n) is 9.56. The Morgan fingerprint density at radius 1 is 1.56 bits per heavy atom. The largest absolute Gasteiger partial charge is 0.331 e. The molecule has 1 unspecified atom stereocenters. The van der Waals surface area contributed by atoms with E-state index in [9.17, 15) is 4.79 Å². The van der Waals surface area contributed by atoms with Crippen LogP contribution in [-0.4, -0.2) is 22.3 Å². The summed E-state index contributed by atoms with van der Waals surface area (Å²) < 4.78 is 0.744. The summed E-state index contributed by atoms with van der Waals surface area (Å²) >= 11 is 2.09. The van der Waals surface area contributed by atoms with Gasteiger partial charge in [-0.25, -0.2) is 4.98 Å². The van der Waals surface area contributed by atoms with Gasteiger partial charge >= 0.3 is 0 Å². The molecule has 0 spiro atoms. The number of hydrogen-bond donors (Lipinski definition) is 0. The number of amides is 1. The second kappa shape index (κ2) is 4.35. The van der Waals surface area contributed by atoms with Gasteiger partial charge in [0, 0.05) is 30.6 Å². The molecule has 3 heterocycles. The lowest BCUT2D eigenvalue weighted by molar-refractivity contribution is -0.132. The van der Waals surface area contributed by atoms with Crippen LogP contribution in [0.4, 0.5) is 0 Å². The number of pyridine rings is 1. The fourth-order valence-corrected chi connectivity index (χ4v) is 3.08. The lowest BCUT2D eigenvalue weighted by Gasteiger charge is -2.37. The molecule has 4 nitrogen and oxygen atoms in total. The fraction of sp³-hybridized carbons (Fsp3) is 0.308. The third-order valence-electron chi connectivity index (χ3n) is 3.38. The van der Waals surface area contributed by atoms with Crippen molar-refractivity contribution in [3.05, 3.63) is 38.7 Å². The van der Waals surface area contributed by atoms with Crippen LogP contribution in [0.5, 0.6) is 0 Å². The standard InChI is InChI=1S/C13H10IN3O/c14-13-8(7-15)6-9-10(16-13)4-5-17-11(9)2-1-3-12(17)18/h1-2,6,11H,3-5H2. The number of fused-ring (bicyclic) bond motifs is 3. The molecular weight excluding hydrogens is 341 g/mol. The summed E-state index contributed by atoms with van der Waals surface area (Å²) in [4.78, 5) is 18.2. The first-order valence-electron chi connectivity index (χ1n) is 5.76. The van der Waals surface area contributed by atoms with Crippen LogP contribution >= 0.6 is 22.6 Å². The van der Waals surface area contributed by atoms with E-state index in [4.69, 9.17) is 5.26 Å². The fourth-order valence-electron chi connectivity index (χ4n) is 2.51. The number of halogens is 1. The Balaban J connectivity index is 2.14. The zero-order chi connectivity index (χ0) is 12.7. The maximum absolute atomic E-state index is 11.8. The normalized spacial score (nSPS) is 21.2. The summed E-state index contributed by atoms with van der Waals surface area (Å²) in [6.07, 6.45) is 5.19. The van der Waals surface area contributed by atoms with Crippen molar-refractivity contribution in [3.8, 4) is 6.07 Å². The van der Waals surface area contributed by atoms with Crippen LogP contribution in [0.3, 0.4) is 0 Å². The van der Waals surface area contributed by atoms with Gasteiger partial charge in [0.1, 0.15) is 9.77 Å². The van der Waals surface area contributed by atoms with Gasteiger partial charge in [0.15, 0.2) is 0 Å². The number of rotatable bonds is 0. The maximum atomic E-state index is 11.8. The third-order valence-corrected chi connectivity index (χ3v) is 4.21. The van der Waals surface area contributed by atoms with E-state index in [0.717, 1.165) is 27.9 Å². The summed E-state index contributed by atoms with van der Waals surface area (Å²) in [5.41, 5.74) is 2.60. The first-order chi connectivity index (χ1) is 8.70. The smallest absolute Gasteiger partial charge is 0.227 e. The summed E-state index contributed by atoms with van der Waals surface area (Å²) in [6.45, 7) is 0.718. The number of nitriles is 1. The summed E-state index contributed by atoms with van der Waals surface area (Å²) in [6, 6.07) is 4.00. The molecule has 90 valence electrons. The Kier molecular flexibility index (Phi) is 2.82. The van der Waals surface area contributed by atoms with Crippen molar-refractivity contribution in [3.63, 3.8) is 0 Å². The number of aromatic nitrogens is 1. The predicted octanol–water partition coefficient (Wildman–Crippen LogP) is 1.94. The molecule has 3 rings (SSSR count). The minimum absolute atomic E-state index is 0.0356. The number of nitrogens with zero attached hydrogens (tertiary/aromatic N) is 3. The molecule has 0 aliphatic carbocycles. The van der Waals surface area contributed by atoms with Crippen LogP contribution in [0.15, 0.2) is 18.2 Å². The Labute approximate surface area is 118 Å². The highest BCUT2D eigenvalue weighted by molar-refractivity contribution is 14.1. The first-order valence-corrected chi connectivity index (χ1v) is 6.84. The average molecular weight is 351 g/mol. The second-order valence-corrected chi connectivity index (χ2v) is 5.41. The maximum Gasteiger partial charge on any atom is 0.227 e. The highest BCUT2D eigenvalue weighted by Crippen LogP contribution is 2.34. The molecule has 0 N–H and O–H groups in total. The topological polar surface area (TPSA) is 57.0 Å². The molecule has 0 fully saturated rings. The van der Waals surface area contributed by atoms with Crippen LogP contribution in [0.1, 0.15) is 29.3 Å². The third kappa shape index (κ3) is 1.72. The molecular formula is C13H10IN3O. The second-order valence-electron chi connectivity index (χ2n) is 4.39. The van der Waals surface area contributed by atoms with Crippen molar-refractivity contribution < 1.29 is 4.79 Å². The Morgan fingerprint density at radius 3 is 3.17 bits per heavy atom. The minimum atomic E-state index is -0.0356. The van der Waals surface area contributed by atoms with Crippen LogP contribution in [0, 0.1) is 15.0 Å². The molecule has 1 amide bonds. The van der Waals surface area contributed by atoms with Crippen LogP contribution in [0.25, 0.3) is 0 Å². The molecule has 5 heteroatoms. The van der Waals surface area contributed by atoms with Gasteiger partial charge in [-0.15, -0.1) is 0 Å². The van der Waals surface area contributed by atoms with E-state index < -0.39 is 0 Å². The molecule has 1 aromatic rings. The molecule has 0 saturated heterocycles. The van der Waals surface area contributed by atoms with Gasteiger partial charge in [0.05, 0.1) is 11.6 Å².